The molecule has 0 fully saturated rings. The maximum absolute atomic E-state index is 12.7. The molecule has 0 unspecified atom stereocenters. The number of esters is 1. The molecule has 0 heterocycles. The van der Waals surface area contributed by atoms with E-state index in [2.05, 4.69) is 0 Å². The quantitative estimate of drug-likeness (QED) is 0.571. The van der Waals surface area contributed by atoms with Crippen LogP contribution in [0.2, 0.25) is 0 Å². The molecule has 28 heavy (non-hydrogen) atoms. The van der Waals surface area contributed by atoms with Crippen LogP contribution >= 0.6 is 0 Å². The van der Waals surface area contributed by atoms with Gasteiger partial charge >= 0.3 is 12.1 Å². The van der Waals surface area contributed by atoms with E-state index in [1.165, 1.54) is 19.2 Å². The van der Waals surface area contributed by atoms with Crippen molar-refractivity contribution < 1.29 is 40.7 Å². The van der Waals surface area contributed by atoms with Gasteiger partial charge in [-0.2, -0.15) is 13.2 Å². The van der Waals surface area contributed by atoms with Gasteiger partial charge in [0, 0.05) is 5.56 Å². The van der Waals surface area contributed by atoms with Crippen LogP contribution in [0.3, 0.4) is 0 Å². The lowest BCUT2D eigenvalue weighted by atomic mass is 10.1. The summed E-state index contributed by atoms with van der Waals surface area (Å²) in [6, 6.07) is 6.91. The SMILES string of the molecule is COc1ccc(C(=O)OCC(=O)c2cccc(C(F)(F)F)c2)cc1S(N)(=O)=O. The number of ether oxygens (including phenoxy) is 2. The van der Waals surface area contributed by atoms with Gasteiger partial charge in [-0.3, -0.25) is 4.79 Å². The Labute approximate surface area is 157 Å². The van der Waals surface area contributed by atoms with Gasteiger partial charge < -0.3 is 9.47 Å². The number of nitrogens with two attached hydrogens (primary N) is 1. The average Bonchev–Trinajstić information content (AvgIpc) is 2.64. The Morgan fingerprint density at radius 2 is 1.75 bits per heavy atom. The van der Waals surface area contributed by atoms with Crippen molar-refractivity contribution in [1.82, 2.24) is 0 Å². The van der Waals surface area contributed by atoms with Gasteiger partial charge in [-0.15, -0.1) is 0 Å². The highest BCUT2D eigenvalue weighted by Crippen LogP contribution is 2.29. The number of ketones is 1. The molecular weight excluding hydrogens is 403 g/mol. The molecule has 0 aliphatic heterocycles. The molecule has 0 amide bonds. The van der Waals surface area contributed by atoms with E-state index >= 15 is 0 Å². The Bertz CT molecular complexity index is 1020. The molecule has 150 valence electrons. The Kier molecular flexibility index (Phi) is 6.10. The normalized spacial score (nSPS) is 11.8. The zero-order chi connectivity index (χ0) is 21.1. The Morgan fingerprint density at radius 3 is 2.32 bits per heavy atom. The fourth-order valence-corrected chi connectivity index (χ4v) is 2.92. The van der Waals surface area contributed by atoms with Crippen LogP contribution in [0, 0.1) is 0 Å². The van der Waals surface area contributed by atoms with E-state index in [0.29, 0.717) is 6.07 Å². The van der Waals surface area contributed by atoms with Crippen molar-refractivity contribution in [2.75, 3.05) is 13.7 Å². The van der Waals surface area contributed by atoms with Crippen LogP contribution in [-0.4, -0.2) is 33.9 Å². The van der Waals surface area contributed by atoms with Crippen molar-refractivity contribution in [3.63, 3.8) is 0 Å². The Hall–Kier alpha value is -2.92. The number of hydrogen-bond donors (Lipinski definition) is 1. The lowest BCUT2D eigenvalue weighted by Crippen LogP contribution is -2.17. The highest BCUT2D eigenvalue weighted by atomic mass is 32.2. The topological polar surface area (TPSA) is 113 Å². The minimum atomic E-state index is -4.62. The van der Waals surface area contributed by atoms with Gasteiger partial charge in [0.15, 0.2) is 12.4 Å². The fourth-order valence-electron chi connectivity index (χ4n) is 2.19. The van der Waals surface area contributed by atoms with Crippen LogP contribution in [0.15, 0.2) is 47.4 Å². The highest BCUT2D eigenvalue weighted by molar-refractivity contribution is 7.89. The summed E-state index contributed by atoms with van der Waals surface area (Å²) in [6.07, 6.45) is -4.62. The zero-order valence-corrected chi connectivity index (χ0v) is 15.1. The molecule has 2 aromatic rings. The predicted octanol–water partition coefficient (Wildman–Crippen LogP) is 2.40. The average molecular weight is 417 g/mol. The van der Waals surface area contributed by atoms with Gasteiger partial charge in [-0.1, -0.05) is 12.1 Å². The molecule has 2 N–H and O–H groups in total. The second-order valence-corrected chi connectivity index (χ2v) is 7.02. The van der Waals surface area contributed by atoms with Gasteiger partial charge in [0.2, 0.25) is 10.0 Å². The lowest BCUT2D eigenvalue weighted by molar-refractivity contribution is -0.137. The molecule has 11 heteroatoms. The summed E-state index contributed by atoms with van der Waals surface area (Å²) in [5.74, 6) is -2.02. The number of carbonyl (C=O) groups excluding carboxylic acids is 2. The molecule has 0 aromatic heterocycles. The van der Waals surface area contributed by atoms with Crippen LogP contribution in [-0.2, 0) is 20.9 Å². The summed E-state index contributed by atoms with van der Waals surface area (Å²) in [5.41, 5.74) is -1.54. The number of Topliss-reactive ketones (excluding diaryl/α,β-unsaturated/α-hetero) is 1. The maximum Gasteiger partial charge on any atom is 0.416 e. The molecule has 0 aliphatic carbocycles. The van der Waals surface area contributed by atoms with Crippen molar-refractivity contribution in [3.8, 4) is 5.75 Å². The minimum Gasteiger partial charge on any atom is -0.495 e. The van der Waals surface area contributed by atoms with E-state index in [-0.39, 0.29) is 16.9 Å². The number of methoxy groups -OCH3 is 1. The van der Waals surface area contributed by atoms with Gasteiger partial charge in [0.25, 0.3) is 0 Å². The summed E-state index contributed by atoms with van der Waals surface area (Å²) in [5, 5.41) is 5.04. The first-order chi connectivity index (χ1) is 12.9. The molecule has 0 spiro atoms. The number of primary sulfonamides is 1. The Balaban J connectivity index is 2.15. The van der Waals surface area contributed by atoms with Crippen molar-refractivity contribution >= 4 is 21.8 Å². The van der Waals surface area contributed by atoms with Gasteiger partial charge in [0.05, 0.1) is 18.2 Å². The first kappa shape index (κ1) is 21.4. The second kappa shape index (κ2) is 7.98. The molecule has 0 atom stereocenters. The third-order valence-corrected chi connectivity index (χ3v) is 4.48. The zero-order valence-electron chi connectivity index (χ0n) is 14.3. The summed E-state index contributed by atoms with van der Waals surface area (Å²) in [4.78, 5) is 23.6. The summed E-state index contributed by atoms with van der Waals surface area (Å²) >= 11 is 0. The number of hydrogen-bond acceptors (Lipinski definition) is 6. The van der Waals surface area contributed by atoms with Gasteiger partial charge in [0.1, 0.15) is 10.6 Å². The fraction of sp³-hybridized carbons (Fsp3) is 0.176. The molecule has 0 saturated heterocycles. The van der Waals surface area contributed by atoms with Crippen LogP contribution in [0.4, 0.5) is 13.2 Å². The second-order valence-electron chi connectivity index (χ2n) is 5.49. The van der Waals surface area contributed by atoms with Crippen LogP contribution in [0.1, 0.15) is 26.3 Å². The molecular formula is C17H14F3NO6S. The summed E-state index contributed by atoms with van der Waals surface area (Å²) in [6.45, 7) is -0.836. The number of halogens is 3. The minimum absolute atomic E-state index is 0.0981. The number of carbonyl (C=O) groups is 2. The van der Waals surface area contributed by atoms with E-state index in [4.69, 9.17) is 14.6 Å². The van der Waals surface area contributed by atoms with Crippen LogP contribution in [0.25, 0.3) is 0 Å². The van der Waals surface area contributed by atoms with Crippen molar-refractivity contribution in [2.45, 2.75) is 11.1 Å². The van der Waals surface area contributed by atoms with Crippen molar-refractivity contribution in [2.24, 2.45) is 5.14 Å². The number of alkyl halides is 3. The maximum atomic E-state index is 12.7. The third-order valence-electron chi connectivity index (χ3n) is 3.55. The Morgan fingerprint density at radius 1 is 1.07 bits per heavy atom. The molecule has 0 bridgehead atoms. The van der Waals surface area contributed by atoms with Gasteiger partial charge in [-0.05, 0) is 30.3 Å². The smallest absolute Gasteiger partial charge is 0.416 e. The van der Waals surface area contributed by atoms with Gasteiger partial charge in [-0.25, -0.2) is 18.4 Å². The van der Waals surface area contributed by atoms with E-state index in [9.17, 15) is 31.2 Å². The number of benzene rings is 2. The standard InChI is InChI=1S/C17H14F3NO6S/c1-26-14-6-5-11(8-15(14)28(21,24)25)16(23)27-9-13(22)10-3-2-4-12(7-10)17(18,19)20/h2-8H,9H2,1H3,(H2,21,24,25). The molecule has 0 aliphatic rings. The first-order valence-corrected chi connectivity index (χ1v) is 9.06. The highest BCUT2D eigenvalue weighted by Gasteiger charge is 2.31. The monoisotopic (exact) mass is 417 g/mol. The molecule has 2 aromatic carbocycles. The summed E-state index contributed by atoms with van der Waals surface area (Å²) in [7, 11) is -3.00. The van der Waals surface area contributed by atoms with Crippen LogP contribution in [0.5, 0.6) is 5.75 Å². The van der Waals surface area contributed by atoms with E-state index in [0.717, 1.165) is 24.3 Å². The first-order valence-electron chi connectivity index (χ1n) is 7.52. The molecule has 0 saturated carbocycles. The van der Waals surface area contributed by atoms with E-state index < -0.39 is 45.0 Å². The lowest BCUT2D eigenvalue weighted by Gasteiger charge is -2.10. The van der Waals surface area contributed by atoms with E-state index in [1.807, 2.05) is 0 Å². The molecule has 2 rings (SSSR count). The van der Waals surface area contributed by atoms with Crippen molar-refractivity contribution in [1.29, 1.82) is 0 Å². The molecule has 7 nitrogen and oxygen atoms in total. The largest absolute Gasteiger partial charge is 0.495 e. The third kappa shape index (κ3) is 5.08. The van der Waals surface area contributed by atoms with Crippen molar-refractivity contribution in [3.05, 3.63) is 59.2 Å². The van der Waals surface area contributed by atoms with E-state index in [1.54, 1.807) is 0 Å². The summed E-state index contributed by atoms with van der Waals surface area (Å²) < 4.78 is 70.8. The van der Waals surface area contributed by atoms with Crippen LogP contribution < -0.4 is 9.88 Å². The number of sulfonamides is 1. The number of rotatable bonds is 6. The molecule has 0 radical (unpaired) electrons. The predicted molar refractivity (Wildman–Crippen MR) is 90.4 cm³/mol.